The summed E-state index contributed by atoms with van der Waals surface area (Å²) in [6, 6.07) is 7.85. The van der Waals surface area contributed by atoms with Gasteiger partial charge in [0.25, 0.3) is 0 Å². The highest BCUT2D eigenvalue weighted by molar-refractivity contribution is 5.97. The Morgan fingerprint density at radius 1 is 1.17 bits per heavy atom. The highest BCUT2D eigenvalue weighted by Crippen LogP contribution is 2.10. The molecule has 0 spiro atoms. The molecule has 3 nitrogen and oxygen atoms in total. The highest BCUT2D eigenvalue weighted by atomic mass is 16.1. The van der Waals surface area contributed by atoms with Crippen LogP contribution in [0, 0.1) is 6.92 Å². The van der Waals surface area contributed by atoms with Crippen LogP contribution >= 0.6 is 0 Å². The fourth-order valence-electron chi connectivity index (χ4n) is 2.35. The van der Waals surface area contributed by atoms with Gasteiger partial charge in [0.2, 0.25) is 0 Å². The number of hydrogen-bond donors (Lipinski definition) is 0. The molecule has 1 fully saturated rings. The predicted molar refractivity (Wildman–Crippen MR) is 74.1 cm³/mol. The minimum absolute atomic E-state index is 0.270. The van der Waals surface area contributed by atoms with Crippen molar-refractivity contribution in [2.45, 2.75) is 13.3 Å². The van der Waals surface area contributed by atoms with Crippen LogP contribution in [0.2, 0.25) is 0 Å². The summed E-state index contributed by atoms with van der Waals surface area (Å²) in [4.78, 5) is 16.9. The van der Waals surface area contributed by atoms with E-state index < -0.39 is 0 Å². The summed E-state index contributed by atoms with van der Waals surface area (Å²) >= 11 is 0. The molecule has 1 aromatic rings. The number of benzene rings is 1. The van der Waals surface area contributed by atoms with Crippen LogP contribution in [0.3, 0.4) is 0 Å². The third-order valence-electron chi connectivity index (χ3n) is 3.70. The molecule has 1 saturated heterocycles. The summed E-state index contributed by atoms with van der Waals surface area (Å²) in [5.41, 5.74) is 1.97. The standard InChI is InChI=1S/C15H22N2O/c1-13-5-3-4-6-14(13)15(18)7-8-17-11-9-16(2)10-12-17/h3-6H,7-12H2,1-2H3. The van der Waals surface area contributed by atoms with Gasteiger partial charge in [-0.3, -0.25) is 4.79 Å². The van der Waals surface area contributed by atoms with E-state index in [0.717, 1.165) is 43.9 Å². The zero-order valence-electron chi connectivity index (χ0n) is 11.4. The minimum atomic E-state index is 0.270. The monoisotopic (exact) mass is 246 g/mol. The summed E-state index contributed by atoms with van der Waals surface area (Å²) in [6.07, 6.45) is 0.633. The van der Waals surface area contributed by atoms with E-state index in [1.807, 2.05) is 31.2 Å². The van der Waals surface area contributed by atoms with Gasteiger partial charge in [-0.1, -0.05) is 24.3 Å². The summed E-state index contributed by atoms with van der Waals surface area (Å²) in [5.74, 6) is 0.270. The molecule has 1 aromatic carbocycles. The van der Waals surface area contributed by atoms with E-state index in [0.29, 0.717) is 6.42 Å². The van der Waals surface area contributed by atoms with Gasteiger partial charge in [0.1, 0.15) is 0 Å². The number of carbonyl (C=O) groups excluding carboxylic acids is 1. The number of Topliss-reactive ketones (excluding diaryl/α,β-unsaturated/α-hetero) is 1. The van der Waals surface area contributed by atoms with Crippen molar-refractivity contribution < 1.29 is 4.79 Å². The Morgan fingerprint density at radius 2 is 1.83 bits per heavy atom. The van der Waals surface area contributed by atoms with Crippen LogP contribution in [0.5, 0.6) is 0 Å². The largest absolute Gasteiger partial charge is 0.304 e. The van der Waals surface area contributed by atoms with Gasteiger partial charge in [-0.15, -0.1) is 0 Å². The molecule has 98 valence electrons. The fraction of sp³-hybridized carbons (Fsp3) is 0.533. The molecule has 1 aliphatic rings. The Hall–Kier alpha value is -1.19. The average molecular weight is 246 g/mol. The minimum Gasteiger partial charge on any atom is -0.304 e. The quantitative estimate of drug-likeness (QED) is 0.757. The SMILES string of the molecule is Cc1ccccc1C(=O)CCN1CCN(C)CC1. The number of likely N-dealkylation sites (N-methyl/N-ethyl adjacent to an activating group) is 1. The van der Waals surface area contributed by atoms with Crippen molar-refractivity contribution in [3.63, 3.8) is 0 Å². The van der Waals surface area contributed by atoms with Crippen LogP contribution in [0.1, 0.15) is 22.3 Å². The van der Waals surface area contributed by atoms with E-state index in [-0.39, 0.29) is 5.78 Å². The zero-order chi connectivity index (χ0) is 13.0. The van der Waals surface area contributed by atoms with Gasteiger partial charge >= 0.3 is 0 Å². The van der Waals surface area contributed by atoms with Gasteiger partial charge in [-0.2, -0.15) is 0 Å². The number of aryl methyl sites for hydroxylation is 1. The van der Waals surface area contributed by atoms with Crippen molar-refractivity contribution in [3.8, 4) is 0 Å². The molecule has 1 aliphatic heterocycles. The lowest BCUT2D eigenvalue weighted by atomic mass is 10.0. The third kappa shape index (κ3) is 3.40. The second-order valence-corrected chi connectivity index (χ2v) is 5.13. The van der Waals surface area contributed by atoms with Crippen LogP contribution in [-0.4, -0.2) is 55.4 Å². The summed E-state index contributed by atoms with van der Waals surface area (Å²) in [7, 11) is 2.15. The Kier molecular flexibility index (Phi) is 4.50. The van der Waals surface area contributed by atoms with Crippen molar-refractivity contribution >= 4 is 5.78 Å². The Labute approximate surface area is 109 Å². The molecular weight excluding hydrogens is 224 g/mol. The lowest BCUT2D eigenvalue weighted by molar-refractivity contribution is 0.0941. The first-order valence-electron chi connectivity index (χ1n) is 6.66. The summed E-state index contributed by atoms with van der Waals surface area (Å²) in [5, 5.41) is 0. The normalized spacial score (nSPS) is 17.9. The molecule has 0 bridgehead atoms. The van der Waals surface area contributed by atoms with Crippen LogP contribution in [-0.2, 0) is 0 Å². The van der Waals surface area contributed by atoms with Gasteiger partial charge < -0.3 is 9.80 Å². The number of hydrogen-bond acceptors (Lipinski definition) is 3. The average Bonchev–Trinajstić information content (AvgIpc) is 2.38. The molecule has 1 heterocycles. The molecule has 0 saturated carbocycles. The van der Waals surface area contributed by atoms with Gasteiger partial charge in [-0.25, -0.2) is 0 Å². The maximum Gasteiger partial charge on any atom is 0.164 e. The highest BCUT2D eigenvalue weighted by Gasteiger charge is 2.15. The molecule has 0 aliphatic carbocycles. The maximum atomic E-state index is 12.1. The van der Waals surface area contributed by atoms with E-state index in [9.17, 15) is 4.79 Å². The second kappa shape index (κ2) is 6.12. The van der Waals surface area contributed by atoms with Crippen molar-refractivity contribution in [1.82, 2.24) is 9.80 Å². The lowest BCUT2D eigenvalue weighted by Crippen LogP contribution is -2.45. The molecule has 0 N–H and O–H groups in total. The first kappa shape index (κ1) is 13.2. The molecule has 0 radical (unpaired) electrons. The van der Waals surface area contributed by atoms with E-state index in [4.69, 9.17) is 0 Å². The molecule has 0 aromatic heterocycles. The number of piperazine rings is 1. The molecule has 0 unspecified atom stereocenters. The van der Waals surface area contributed by atoms with Crippen LogP contribution in [0.25, 0.3) is 0 Å². The Morgan fingerprint density at radius 3 is 2.50 bits per heavy atom. The topological polar surface area (TPSA) is 23.6 Å². The van der Waals surface area contributed by atoms with E-state index in [1.165, 1.54) is 0 Å². The van der Waals surface area contributed by atoms with Crippen molar-refractivity contribution in [2.24, 2.45) is 0 Å². The number of carbonyl (C=O) groups is 1. The lowest BCUT2D eigenvalue weighted by Gasteiger charge is -2.32. The molecular formula is C15H22N2O. The Bertz CT molecular complexity index is 409. The number of nitrogens with zero attached hydrogens (tertiary/aromatic N) is 2. The third-order valence-corrected chi connectivity index (χ3v) is 3.70. The smallest absolute Gasteiger partial charge is 0.164 e. The van der Waals surface area contributed by atoms with Gasteiger partial charge in [-0.05, 0) is 19.5 Å². The number of ketones is 1. The van der Waals surface area contributed by atoms with Crippen molar-refractivity contribution in [3.05, 3.63) is 35.4 Å². The van der Waals surface area contributed by atoms with Crippen molar-refractivity contribution in [2.75, 3.05) is 39.8 Å². The van der Waals surface area contributed by atoms with Crippen LogP contribution in [0.4, 0.5) is 0 Å². The predicted octanol–water partition coefficient (Wildman–Crippen LogP) is 1.82. The van der Waals surface area contributed by atoms with Crippen LogP contribution in [0.15, 0.2) is 24.3 Å². The van der Waals surface area contributed by atoms with Crippen LogP contribution < -0.4 is 0 Å². The zero-order valence-corrected chi connectivity index (χ0v) is 11.4. The molecule has 2 rings (SSSR count). The summed E-state index contributed by atoms with van der Waals surface area (Å²) in [6.45, 7) is 7.27. The fourth-order valence-corrected chi connectivity index (χ4v) is 2.35. The Balaban J connectivity index is 1.84. The molecule has 18 heavy (non-hydrogen) atoms. The van der Waals surface area contributed by atoms with E-state index in [1.54, 1.807) is 0 Å². The first-order valence-corrected chi connectivity index (χ1v) is 6.66. The molecule has 0 atom stereocenters. The van der Waals surface area contributed by atoms with Gasteiger partial charge in [0, 0.05) is 44.7 Å². The molecule has 3 heteroatoms. The van der Waals surface area contributed by atoms with Gasteiger partial charge in [0.15, 0.2) is 5.78 Å². The summed E-state index contributed by atoms with van der Waals surface area (Å²) < 4.78 is 0. The van der Waals surface area contributed by atoms with E-state index >= 15 is 0 Å². The van der Waals surface area contributed by atoms with Gasteiger partial charge in [0.05, 0.1) is 0 Å². The van der Waals surface area contributed by atoms with E-state index in [2.05, 4.69) is 16.8 Å². The second-order valence-electron chi connectivity index (χ2n) is 5.13. The first-order chi connectivity index (χ1) is 8.66. The number of rotatable bonds is 4. The van der Waals surface area contributed by atoms with Crippen molar-refractivity contribution in [1.29, 1.82) is 0 Å². The molecule has 0 amide bonds. The maximum absolute atomic E-state index is 12.1.